The second-order valence-electron chi connectivity index (χ2n) is 8.85. The fraction of sp³-hybridized carbons (Fsp3) is 0.905. The van der Waals surface area contributed by atoms with Crippen LogP contribution in [0.3, 0.4) is 0 Å². The fourth-order valence-electron chi connectivity index (χ4n) is 4.46. The molecule has 0 spiro atoms. The lowest BCUT2D eigenvalue weighted by molar-refractivity contribution is -0.254. The van der Waals surface area contributed by atoms with E-state index < -0.39 is 75.2 Å². The standard InChI is InChI=1S/C21H42N4O12/c26-9-15(14-37-36)22-1-3-24(17(11-28)20(32)33)7-5-23(16(10-27)19(31)13-30)6-8-25(4-2-22)18(12-29)21(34)35/h15-19,26-31,36H,1-14H2,(H,32,33)(H,34,35). The molecule has 5 atom stereocenters. The predicted octanol–water partition coefficient (Wildman–Crippen LogP) is -5.34. The molecule has 0 aromatic rings. The van der Waals surface area contributed by atoms with E-state index in [1.54, 1.807) is 9.80 Å². The van der Waals surface area contributed by atoms with E-state index in [-0.39, 0.29) is 59.0 Å². The predicted molar refractivity (Wildman–Crippen MR) is 127 cm³/mol. The highest BCUT2D eigenvalue weighted by atomic mass is 17.1. The minimum Gasteiger partial charge on any atom is -0.480 e. The lowest BCUT2D eigenvalue weighted by Gasteiger charge is -2.40. The van der Waals surface area contributed by atoms with E-state index in [0.29, 0.717) is 0 Å². The largest absolute Gasteiger partial charge is 0.480 e. The Balaban J connectivity index is 3.38. The van der Waals surface area contributed by atoms with Gasteiger partial charge in [0.2, 0.25) is 0 Å². The molecule has 1 fully saturated rings. The van der Waals surface area contributed by atoms with Gasteiger partial charge < -0.3 is 40.9 Å². The maximum Gasteiger partial charge on any atom is 0.323 e. The van der Waals surface area contributed by atoms with Crippen molar-refractivity contribution in [2.45, 2.75) is 30.3 Å². The zero-order valence-corrected chi connectivity index (χ0v) is 20.8. The maximum absolute atomic E-state index is 11.8. The first kappa shape index (κ1) is 33.5. The summed E-state index contributed by atoms with van der Waals surface area (Å²) in [4.78, 5) is 34.1. The summed E-state index contributed by atoms with van der Waals surface area (Å²) in [6.45, 7) is -2.52. The van der Waals surface area contributed by atoms with Crippen molar-refractivity contribution in [3.8, 4) is 0 Å². The summed E-state index contributed by atoms with van der Waals surface area (Å²) in [5, 5.41) is 87.0. The first-order valence-electron chi connectivity index (χ1n) is 12.1. The SMILES string of the molecule is O=C(O)C(CO)N1CCN(C(CO)COO)CCN(C(CO)C(=O)O)CCN(C(CO)C(O)CO)CC1. The number of carboxylic acids is 2. The smallest absolute Gasteiger partial charge is 0.323 e. The number of aliphatic hydroxyl groups excluding tert-OH is 6. The number of aliphatic hydroxyl groups is 6. The summed E-state index contributed by atoms with van der Waals surface area (Å²) < 4.78 is 0. The molecule has 37 heavy (non-hydrogen) atoms. The highest BCUT2D eigenvalue weighted by Gasteiger charge is 2.33. The highest BCUT2D eigenvalue weighted by molar-refractivity contribution is 5.74. The molecule has 0 radical (unpaired) electrons. The van der Waals surface area contributed by atoms with Gasteiger partial charge in [0.15, 0.2) is 0 Å². The van der Waals surface area contributed by atoms with Gasteiger partial charge in [-0.05, 0) is 0 Å². The maximum atomic E-state index is 11.8. The monoisotopic (exact) mass is 542 g/mol. The van der Waals surface area contributed by atoms with Crippen LogP contribution < -0.4 is 0 Å². The van der Waals surface area contributed by atoms with Gasteiger partial charge in [-0.15, -0.1) is 0 Å². The summed E-state index contributed by atoms with van der Waals surface area (Å²) in [5.74, 6) is -2.53. The minimum atomic E-state index is -1.33. The molecule has 0 aliphatic carbocycles. The van der Waals surface area contributed by atoms with Crippen molar-refractivity contribution in [3.05, 3.63) is 0 Å². The van der Waals surface area contributed by atoms with E-state index in [9.17, 15) is 50.4 Å². The van der Waals surface area contributed by atoms with Crippen LogP contribution in [0.1, 0.15) is 0 Å². The molecule has 0 bridgehead atoms. The van der Waals surface area contributed by atoms with Gasteiger partial charge in [0.1, 0.15) is 12.1 Å². The normalized spacial score (nSPS) is 22.4. The van der Waals surface area contributed by atoms with Crippen molar-refractivity contribution in [3.63, 3.8) is 0 Å². The number of nitrogens with zero attached hydrogens (tertiary/aromatic N) is 4. The molecule has 1 heterocycles. The van der Waals surface area contributed by atoms with Crippen LogP contribution in [0, 0.1) is 0 Å². The van der Waals surface area contributed by atoms with E-state index in [0.717, 1.165) is 0 Å². The summed E-state index contributed by atoms with van der Waals surface area (Å²) in [6, 6.07) is -4.19. The van der Waals surface area contributed by atoms with E-state index in [4.69, 9.17) is 5.26 Å². The number of carbonyl (C=O) groups is 2. The van der Waals surface area contributed by atoms with Crippen LogP contribution in [0.4, 0.5) is 0 Å². The average Bonchev–Trinajstić information content (AvgIpc) is 2.86. The topological polar surface area (TPSA) is 238 Å². The molecule has 0 aromatic carbocycles. The second-order valence-corrected chi connectivity index (χ2v) is 8.85. The zero-order valence-electron chi connectivity index (χ0n) is 20.8. The molecule has 5 unspecified atom stereocenters. The van der Waals surface area contributed by atoms with Crippen molar-refractivity contribution in [1.29, 1.82) is 0 Å². The Morgan fingerprint density at radius 3 is 1.32 bits per heavy atom. The molecule has 218 valence electrons. The number of hydrogen-bond donors (Lipinski definition) is 9. The Bertz CT molecular complexity index is 625. The fourth-order valence-corrected chi connectivity index (χ4v) is 4.46. The molecule has 9 N–H and O–H groups in total. The van der Waals surface area contributed by atoms with Crippen LogP contribution in [-0.4, -0.2) is 200 Å². The van der Waals surface area contributed by atoms with Gasteiger partial charge in [-0.2, -0.15) is 0 Å². The number of carboxylic acid groups (broad SMARTS) is 2. The lowest BCUT2D eigenvalue weighted by Crippen LogP contribution is -2.58. The van der Waals surface area contributed by atoms with Crippen LogP contribution >= 0.6 is 0 Å². The van der Waals surface area contributed by atoms with Crippen LogP contribution in [0.25, 0.3) is 0 Å². The molecule has 0 saturated carbocycles. The quantitative estimate of drug-likeness (QED) is 0.0735. The van der Waals surface area contributed by atoms with Gasteiger partial charge in [-0.25, -0.2) is 4.89 Å². The third-order valence-electron chi connectivity index (χ3n) is 6.78. The summed E-state index contributed by atoms with van der Waals surface area (Å²) in [5.41, 5.74) is 0. The molecular formula is C21H42N4O12. The van der Waals surface area contributed by atoms with Gasteiger partial charge in [0.05, 0.1) is 57.8 Å². The summed E-state index contributed by atoms with van der Waals surface area (Å²) >= 11 is 0. The van der Waals surface area contributed by atoms with Crippen molar-refractivity contribution in [1.82, 2.24) is 19.6 Å². The third kappa shape index (κ3) is 10.3. The van der Waals surface area contributed by atoms with E-state index in [1.807, 2.05) is 0 Å². The van der Waals surface area contributed by atoms with Crippen LogP contribution in [0.15, 0.2) is 0 Å². The number of aliphatic carboxylic acids is 2. The van der Waals surface area contributed by atoms with Gasteiger partial charge in [0.25, 0.3) is 0 Å². The Kier molecular flexibility index (Phi) is 16.2. The van der Waals surface area contributed by atoms with Gasteiger partial charge >= 0.3 is 11.9 Å². The van der Waals surface area contributed by atoms with E-state index in [1.165, 1.54) is 9.80 Å². The van der Waals surface area contributed by atoms with Gasteiger partial charge in [-0.3, -0.25) is 34.4 Å². The Hall–Kier alpha value is -1.54. The Labute approximate surface area is 215 Å². The molecule has 16 heteroatoms. The van der Waals surface area contributed by atoms with Crippen LogP contribution in [0.2, 0.25) is 0 Å². The van der Waals surface area contributed by atoms with Crippen LogP contribution in [0.5, 0.6) is 0 Å². The van der Waals surface area contributed by atoms with E-state index >= 15 is 0 Å². The minimum absolute atomic E-state index is 0.0582. The molecule has 0 aromatic heterocycles. The zero-order chi connectivity index (χ0) is 28.0. The molecule has 1 aliphatic heterocycles. The van der Waals surface area contributed by atoms with Gasteiger partial charge in [-0.1, -0.05) is 0 Å². The first-order valence-corrected chi connectivity index (χ1v) is 12.1. The first-order chi connectivity index (χ1) is 17.7. The number of hydrogen-bond acceptors (Lipinski definition) is 14. The lowest BCUT2D eigenvalue weighted by atomic mass is 10.1. The Morgan fingerprint density at radius 2 is 1.03 bits per heavy atom. The average molecular weight is 543 g/mol. The van der Waals surface area contributed by atoms with Gasteiger partial charge in [0, 0.05) is 52.4 Å². The van der Waals surface area contributed by atoms with E-state index in [2.05, 4.69) is 4.89 Å². The molecule has 1 saturated heterocycles. The highest BCUT2D eigenvalue weighted by Crippen LogP contribution is 2.12. The molecule has 1 rings (SSSR count). The molecule has 0 amide bonds. The molecular weight excluding hydrogens is 500 g/mol. The summed E-state index contributed by atoms with van der Waals surface area (Å²) in [7, 11) is 0. The van der Waals surface area contributed by atoms with Crippen molar-refractivity contribution in [2.75, 3.05) is 92.0 Å². The third-order valence-corrected chi connectivity index (χ3v) is 6.78. The molecule has 1 aliphatic rings. The van der Waals surface area contributed by atoms with Crippen molar-refractivity contribution >= 4 is 11.9 Å². The molecule has 16 nitrogen and oxygen atoms in total. The Morgan fingerprint density at radius 1 is 0.622 bits per heavy atom. The van der Waals surface area contributed by atoms with Crippen molar-refractivity contribution < 1.29 is 60.6 Å². The van der Waals surface area contributed by atoms with Crippen LogP contribution in [-0.2, 0) is 14.5 Å². The summed E-state index contributed by atoms with van der Waals surface area (Å²) in [6.07, 6.45) is -1.33. The van der Waals surface area contributed by atoms with Crippen molar-refractivity contribution in [2.24, 2.45) is 0 Å². The number of rotatable bonds is 14. The second kappa shape index (κ2) is 17.9.